The SMILES string of the molecule is c1ccc2c(-c3ccc(N(c4cccc5ccccc45)c4cccc5c4oc4c6ccccc6ccc54)cc3)cccc2c1.c1ccc2c(N(c3cccc4ccccc34)c3cccc4c3oc3c5ccccc5ccc43)cccc2c1.c1ccc2cc(N(c3cccc4ccccc34)c3cccc4c3oc3c5ccccc5ccc43)ccc2c1. The van der Waals surface area contributed by atoms with Crippen LogP contribution in [-0.4, -0.2) is 0 Å². The molecular weight excluding hydrogens is 1460 g/mol. The van der Waals surface area contributed by atoms with Crippen LogP contribution < -0.4 is 14.7 Å². The van der Waals surface area contributed by atoms with Crippen LogP contribution in [0.2, 0.25) is 0 Å². The Labute approximate surface area is 691 Å². The third-order valence-electron chi connectivity index (χ3n) is 24.1. The maximum atomic E-state index is 6.83. The van der Waals surface area contributed by atoms with Crippen molar-refractivity contribution < 1.29 is 13.3 Å². The van der Waals surface area contributed by atoms with Crippen LogP contribution in [0.5, 0.6) is 0 Å². The first-order valence-electron chi connectivity index (χ1n) is 40.9. The van der Waals surface area contributed by atoms with Gasteiger partial charge >= 0.3 is 0 Å². The molecule has 0 aliphatic heterocycles. The largest absolute Gasteiger partial charge is 0.453 e. The Balaban J connectivity index is 0.000000105. The maximum absolute atomic E-state index is 6.83. The number of furan rings is 3. The van der Waals surface area contributed by atoms with Gasteiger partial charge in [0.25, 0.3) is 0 Å². The first-order valence-corrected chi connectivity index (χ1v) is 40.9. The number of fused-ring (bicyclic) bond motifs is 21. The molecule has 120 heavy (non-hydrogen) atoms. The van der Waals surface area contributed by atoms with Gasteiger partial charge in [-0.25, -0.2) is 0 Å². The van der Waals surface area contributed by atoms with E-state index in [0.29, 0.717) is 0 Å². The number of para-hydroxylation sites is 3. The van der Waals surface area contributed by atoms with Crippen LogP contribution >= 0.6 is 0 Å². The number of anilines is 9. The molecule has 0 spiro atoms. The highest BCUT2D eigenvalue weighted by molar-refractivity contribution is 6.22. The molecule has 3 aromatic heterocycles. The smallest absolute Gasteiger partial charge is 0.159 e. The monoisotopic (exact) mass is 1530 g/mol. The van der Waals surface area contributed by atoms with E-state index in [1.165, 1.54) is 91.9 Å². The van der Waals surface area contributed by atoms with Crippen LogP contribution in [0.25, 0.3) is 174 Å². The second-order valence-corrected chi connectivity index (χ2v) is 30.9. The molecule has 0 N–H and O–H groups in total. The van der Waals surface area contributed by atoms with Crippen molar-refractivity contribution in [3.05, 3.63) is 443 Å². The first kappa shape index (κ1) is 69.5. The molecule has 25 aromatic rings. The summed E-state index contributed by atoms with van der Waals surface area (Å²) < 4.78 is 20.4. The lowest BCUT2D eigenvalue weighted by atomic mass is 9.98. The highest BCUT2D eigenvalue weighted by Gasteiger charge is 2.27. The first-order chi connectivity index (χ1) is 59.5. The standard InChI is InChI=1S/C42H27NO.2C36H23NO/c1-4-15-33-28(10-1)13-7-18-34(33)31-22-25-32(26-23-31)43(39-20-8-14-29-11-2-5-16-35(29)39)40-21-9-19-37-38-27-24-30-12-3-6-17-36(30)41(38)44-42(37)40;1-4-15-27-24(10-1)13-7-19-32(27)37(33-20-8-14-25-11-2-5-16-28(25)33)34-21-9-18-30-31-23-22-26-12-3-6-17-29(26)35(31)38-36(30)34;1-2-12-27-23-28(21-19-24(27)9-1)37(33-17-7-13-25-10-3-5-14-29(25)33)34-18-8-16-31-32-22-20-26-11-4-6-15-30(26)35(32)38-36(31)34/h1-27H;2*1-23H. The second-order valence-electron chi connectivity index (χ2n) is 30.9. The summed E-state index contributed by atoms with van der Waals surface area (Å²) in [5, 5.41) is 28.2. The fourth-order valence-corrected chi connectivity index (χ4v) is 18.5. The van der Waals surface area contributed by atoms with Crippen molar-refractivity contribution in [3.63, 3.8) is 0 Å². The third kappa shape index (κ3) is 11.8. The molecule has 0 aliphatic rings. The summed E-state index contributed by atoms with van der Waals surface area (Å²) in [6.07, 6.45) is 0. The average molecular weight is 1530 g/mol. The maximum Gasteiger partial charge on any atom is 0.159 e. The Morgan fingerprint density at radius 2 is 0.375 bits per heavy atom. The molecule has 22 aromatic carbocycles. The van der Waals surface area contributed by atoms with Gasteiger partial charge in [0.2, 0.25) is 0 Å². The minimum Gasteiger partial charge on any atom is -0.453 e. The van der Waals surface area contributed by atoms with E-state index in [9.17, 15) is 0 Å². The molecule has 0 bridgehead atoms. The van der Waals surface area contributed by atoms with Gasteiger partial charge < -0.3 is 28.0 Å². The van der Waals surface area contributed by atoms with Crippen molar-refractivity contribution in [3.8, 4) is 11.1 Å². The van der Waals surface area contributed by atoms with Crippen LogP contribution in [0.4, 0.5) is 51.2 Å². The lowest BCUT2D eigenvalue weighted by molar-refractivity contribution is 0.672. The summed E-state index contributed by atoms with van der Waals surface area (Å²) in [7, 11) is 0. The summed E-state index contributed by atoms with van der Waals surface area (Å²) in [6.45, 7) is 0. The van der Waals surface area contributed by atoms with Gasteiger partial charge in [0.05, 0.1) is 39.8 Å². The highest BCUT2D eigenvalue weighted by Crippen LogP contribution is 2.51. The molecule has 0 amide bonds. The van der Waals surface area contributed by atoms with Crippen molar-refractivity contribution in [1.29, 1.82) is 0 Å². The summed E-state index contributed by atoms with van der Waals surface area (Å²) >= 11 is 0. The van der Waals surface area contributed by atoms with E-state index in [2.05, 4.69) is 458 Å². The fourth-order valence-electron chi connectivity index (χ4n) is 18.5. The molecule has 0 saturated carbocycles. The quantitative estimate of drug-likeness (QED) is 0.136. The van der Waals surface area contributed by atoms with Gasteiger partial charge in [0.1, 0.15) is 16.7 Å². The molecule has 25 rings (SSSR count). The minimum absolute atomic E-state index is 0.880. The van der Waals surface area contributed by atoms with E-state index in [0.717, 1.165) is 133 Å². The number of hydrogen-bond acceptors (Lipinski definition) is 6. The molecule has 0 radical (unpaired) electrons. The van der Waals surface area contributed by atoms with E-state index < -0.39 is 0 Å². The summed E-state index contributed by atoms with van der Waals surface area (Å²) in [4.78, 5) is 7.07. The van der Waals surface area contributed by atoms with Crippen LogP contribution in [0.1, 0.15) is 0 Å². The van der Waals surface area contributed by atoms with E-state index in [1.54, 1.807) is 0 Å². The average Bonchev–Trinajstić information content (AvgIpc) is 1.55. The number of rotatable bonds is 10. The van der Waals surface area contributed by atoms with Gasteiger partial charge in [-0.15, -0.1) is 0 Å². The Bertz CT molecular complexity index is 8250. The summed E-state index contributed by atoms with van der Waals surface area (Å²) in [5.74, 6) is 0. The van der Waals surface area contributed by atoms with Gasteiger partial charge in [-0.05, 0) is 155 Å². The topological polar surface area (TPSA) is 49.1 Å². The van der Waals surface area contributed by atoms with Crippen molar-refractivity contribution in [2.75, 3.05) is 14.7 Å². The van der Waals surface area contributed by atoms with E-state index in [1.807, 2.05) is 0 Å². The Hall–Kier alpha value is -16.0. The van der Waals surface area contributed by atoms with Crippen LogP contribution in [0.15, 0.2) is 456 Å². The molecular formula is C114H73N3O3. The number of hydrogen-bond donors (Lipinski definition) is 0. The Morgan fingerprint density at radius 1 is 0.133 bits per heavy atom. The van der Waals surface area contributed by atoms with E-state index in [4.69, 9.17) is 13.3 Å². The van der Waals surface area contributed by atoms with Crippen LogP contribution in [-0.2, 0) is 0 Å². The van der Waals surface area contributed by atoms with Crippen molar-refractivity contribution >= 4 is 214 Å². The molecule has 3 heterocycles. The molecule has 0 saturated heterocycles. The normalized spacial score (nSPS) is 11.7. The van der Waals surface area contributed by atoms with Crippen molar-refractivity contribution in [2.24, 2.45) is 0 Å². The molecule has 6 nitrogen and oxygen atoms in total. The lowest BCUT2D eigenvalue weighted by Gasteiger charge is -2.28. The number of benzene rings is 22. The molecule has 562 valence electrons. The van der Waals surface area contributed by atoms with Crippen molar-refractivity contribution in [2.45, 2.75) is 0 Å². The van der Waals surface area contributed by atoms with Gasteiger partial charge in [0.15, 0.2) is 16.7 Å². The predicted octanol–water partition coefficient (Wildman–Crippen LogP) is 33.2. The van der Waals surface area contributed by atoms with E-state index in [-0.39, 0.29) is 0 Å². The van der Waals surface area contributed by atoms with Gasteiger partial charge in [-0.1, -0.05) is 358 Å². The molecule has 0 fully saturated rings. The zero-order valence-corrected chi connectivity index (χ0v) is 65.2. The Morgan fingerprint density at radius 3 is 0.767 bits per heavy atom. The zero-order valence-electron chi connectivity index (χ0n) is 65.2. The Kier molecular flexibility index (Phi) is 16.8. The molecule has 0 atom stereocenters. The summed E-state index contributed by atoms with van der Waals surface area (Å²) in [5.41, 5.74) is 17.6. The summed E-state index contributed by atoms with van der Waals surface area (Å²) in [6, 6.07) is 158. The lowest BCUT2D eigenvalue weighted by Crippen LogP contribution is -2.11. The number of nitrogens with zero attached hydrogens (tertiary/aromatic N) is 3. The highest BCUT2D eigenvalue weighted by atomic mass is 16.3. The van der Waals surface area contributed by atoms with E-state index >= 15 is 0 Å². The molecule has 6 heteroatoms. The third-order valence-corrected chi connectivity index (χ3v) is 24.1. The van der Waals surface area contributed by atoms with Gasteiger partial charge in [-0.2, -0.15) is 0 Å². The van der Waals surface area contributed by atoms with Gasteiger partial charge in [-0.3, -0.25) is 0 Å². The molecule has 0 unspecified atom stereocenters. The van der Waals surface area contributed by atoms with Crippen LogP contribution in [0.3, 0.4) is 0 Å². The van der Waals surface area contributed by atoms with Gasteiger partial charge in [0, 0.05) is 81.4 Å². The zero-order chi connectivity index (χ0) is 79.1. The molecule has 0 aliphatic carbocycles. The fraction of sp³-hybridized carbons (Fsp3) is 0. The van der Waals surface area contributed by atoms with Crippen LogP contribution in [0, 0.1) is 0 Å². The van der Waals surface area contributed by atoms with Crippen molar-refractivity contribution in [1.82, 2.24) is 0 Å². The minimum atomic E-state index is 0.880. The second kappa shape index (κ2) is 29.1. The predicted molar refractivity (Wildman–Crippen MR) is 508 cm³/mol.